The van der Waals surface area contributed by atoms with Crippen LogP contribution in [0.1, 0.15) is 43.8 Å². The number of hydrogen-bond donors (Lipinski definition) is 0. The summed E-state index contributed by atoms with van der Waals surface area (Å²) in [6, 6.07) is 7.44. The Kier molecular flexibility index (Phi) is 4.68. The molecule has 1 heterocycles. The molecule has 0 aliphatic heterocycles. The number of rotatable bonds is 2. The van der Waals surface area contributed by atoms with E-state index in [0.717, 1.165) is 24.2 Å². The predicted octanol–water partition coefficient (Wildman–Crippen LogP) is 6.15. The van der Waals surface area contributed by atoms with Crippen molar-refractivity contribution in [1.29, 1.82) is 0 Å². The number of hydrogen-bond acceptors (Lipinski definition) is 2. The van der Waals surface area contributed by atoms with Crippen molar-refractivity contribution in [3.05, 3.63) is 45.4 Å². The molecule has 1 aromatic carbocycles. The second kappa shape index (κ2) is 6.51. The van der Waals surface area contributed by atoms with Gasteiger partial charge in [0.05, 0.1) is 5.56 Å². The molecule has 0 spiro atoms. The summed E-state index contributed by atoms with van der Waals surface area (Å²) in [6.07, 6.45) is 5.94. The van der Waals surface area contributed by atoms with Crippen LogP contribution in [0.3, 0.4) is 0 Å². The molecule has 1 fully saturated rings. The maximum Gasteiger partial charge on any atom is 0.142 e. The number of benzene rings is 1. The molecule has 2 nitrogen and oxygen atoms in total. The first kappa shape index (κ1) is 15.1. The zero-order chi connectivity index (χ0) is 14.8. The number of aromatic nitrogens is 2. The van der Waals surface area contributed by atoms with Gasteiger partial charge in [0.25, 0.3) is 0 Å². The van der Waals surface area contributed by atoms with Gasteiger partial charge < -0.3 is 0 Å². The van der Waals surface area contributed by atoms with Gasteiger partial charge in [-0.1, -0.05) is 72.3 Å². The molecular formula is C16H15Cl3N2. The van der Waals surface area contributed by atoms with Crippen LogP contribution >= 0.6 is 34.8 Å². The van der Waals surface area contributed by atoms with E-state index in [1.54, 1.807) is 6.07 Å². The normalized spacial score (nSPS) is 16.1. The van der Waals surface area contributed by atoms with Crippen molar-refractivity contribution in [1.82, 2.24) is 9.97 Å². The van der Waals surface area contributed by atoms with E-state index in [9.17, 15) is 0 Å². The highest BCUT2D eigenvalue weighted by molar-refractivity contribution is 6.40. The Labute approximate surface area is 139 Å². The smallest absolute Gasteiger partial charge is 0.142 e. The van der Waals surface area contributed by atoms with Gasteiger partial charge in [-0.3, -0.25) is 0 Å². The molecule has 0 amide bonds. The summed E-state index contributed by atoms with van der Waals surface area (Å²) < 4.78 is 0. The van der Waals surface area contributed by atoms with E-state index >= 15 is 0 Å². The topological polar surface area (TPSA) is 25.8 Å². The van der Waals surface area contributed by atoms with Crippen molar-refractivity contribution in [3.63, 3.8) is 0 Å². The van der Waals surface area contributed by atoms with Crippen LogP contribution in [0.4, 0.5) is 0 Å². The zero-order valence-electron chi connectivity index (χ0n) is 11.5. The predicted molar refractivity (Wildman–Crippen MR) is 88.3 cm³/mol. The van der Waals surface area contributed by atoms with E-state index in [2.05, 4.69) is 9.97 Å². The minimum absolute atomic E-state index is 0.369. The van der Waals surface area contributed by atoms with E-state index in [0.29, 0.717) is 26.8 Å². The van der Waals surface area contributed by atoms with Crippen molar-refractivity contribution < 1.29 is 0 Å². The molecule has 0 atom stereocenters. The van der Waals surface area contributed by atoms with Crippen LogP contribution in [0, 0.1) is 0 Å². The van der Waals surface area contributed by atoms with Crippen LogP contribution in [0.15, 0.2) is 24.3 Å². The zero-order valence-corrected chi connectivity index (χ0v) is 13.7. The van der Waals surface area contributed by atoms with Crippen molar-refractivity contribution >= 4 is 34.8 Å². The van der Waals surface area contributed by atoms with Crippen molar-refractivity contribution in [2.45, 2.75) is 38.0 Å². The van der Waals surface area contributed by atoms with Gasteiger partial charge in [-0.05, 0) is 18.9 Å². The van der Waals surface area contributed by atoms with E-state index < -0.39 is 0 Å². The summed E-state index contributed by atoms with van der Waals surface area (Å²) in [5, 5.41) is 1.35. The van der Waals surface area contributed by atoms with E-state index in [4.69, 9.17) is 34.8 Å². The fourth-order valence-corrected chi connectivity index (χ4v) is 3.69. The van der Waals surface area contributed by atoms with Crippen LogP contribution in [-0.2, 0) is 0 Å². The highest BCUT2D eigenvalue weighted by Crippen LogP contribution is 2.39. The highest BCUT2D eigenvalue weighted by atomic mass is 35.5. The summed E-state index contributed by atoms with van der Waals surface area (Å²) in [7, 11) is 0. The molecule has 0 unspecified atom stereocenters. The Morgan fingerprint density at radius 2 is 1.48 bits per heavy atom. The Morgan fingerprint density at radius 3 is 2.10 bits per heavy atom. The fraction of sp³-hybridized carbons (Fsp3) is 0.375. The molecule has 0 N–H and O–H groups in total. The van der Waals surface area contributed by atoms with Crippen molar-refractivity contribution in [2.75, 3.05) is 0 Å². The van der Waals surface area contributed by atoms with Crippen molar-refractivity contribution in [3.8, 4) is 11.1 Å². The van der Waals surface area contributed by atoms with Gasteiger partial charge in [0.15, 0.2) is 0 Å². The average molecular weight is 342 g/mol. The molecule has 3 rings (SSSR count). The van der Waals surface area contributed by atoms with Crippen LogP contribution in [0.2, 0.25) is 15.3 Å². The fourth-order valence-electron chi connectivity index (χ4n) is 2.85. The van der Waals surface area contributed by atoms with Gasteiger partial charge in [0, 0.05) is 16.5 Å². The molecule has 0 radical (unpaired) electrons. The van der Waals surface area contributed by atoms with E-state index in [1.165, 1.54) is 19.3 Å². The lowest BCUT2D eigenvalue weighted by Gasteiger charge is -2.21. The molecule has 1 saturated carbocycles. The van der Waals surface area contributed by atoms with Crippen LogP contribution in [0.25, 0.3) is 11.1 Å². The minimum Gasteiger partial charge on any atom is -0.220 e. The largest absolute Gasteiger partial charge is 0.220 e. The number of halogens is 3. The van der Waals surface area contributed by atoms with Crippen LogP contribution in [0.5, 0.6) is 0 Å². The summed E-state index contributed by atoms with van der Waals surface area (Å²) in [5.41, 5.74) is 1.38. The SMILES string of the molecule is Clc1ccccc1-c1c(Cl)nc(C2CCCCC2)nc1Cl. The van der Waals surface area contributed by atoms with Crippen molar-refractivity contribution in [2.24, 2.45) is 0 Å². The minimum atomic E-state index is 0.369. The summed E-state index contributed by atoms with van der Waals surface area (Å²) in [4.78, 5) is 8.97. The van der Waals surface area contributed by atoms with Crippen LogP contribution in [-0.4, -0.2) is 9.97 Å². The lowest BCUT2D eigenvalue weighted by molar-refractivity contribution is 0.428. The quantitative estimate of drug-likeness (QED) is 0.612. The molecule has 1 aromatic heterocycles. The van der Waals surface area contributed by atoms with Gasteiger partial charge in [-0.2, -0.15) is 0 Å². The molecule has 0 bridgehead atoms. The molecule has 1 aliphatic carbocycles. The molecular weight excluding hydrogens is 327 g/mol. The van der Waals surface area contributed by atoms with E-state index in [-0.39, 0.29) is 0 Å². The van der Waals surface area contributed by atoms with Gasteiger partial charge in [-0.15, -0.1) is 0 Å². The molecule has 1 aliphatic rings. The lowest BCUT2D eigenvalue weighted by Crippen LogP contribution is -2.09. The highest BCUT2D eigenvalue weighted by Gasteiger charge is 2.22. The third-order valence-electron chi connectivity index (χ3n) is 3.95. The Balaban J connectivity index is 2.02. The van der Waals surface area contributed by atoms with E-state index in [1.807, 2.05) is 18.2 Å². The van der Waals surface area contributed by atoms with Gasteiger partial charge in [0.2, 0.25) is 0 Å². The summed E-state index contributed by atoms with van der Waals surface area (Å²) in [6.45, 7) is 0. The second-order valence-electron chi connectivity index (χ2n) is 5.35. The Hall–Kier alpha value is -0.830. The first-order valence-electron chi connectivity index (χ1n) is 7.14. The number of nitrogens with zero attached hydrogens (tertiary/aromatic N) is 2. The Morgan fingerprint density at radius 1 is 0.857 bits per heavy atom. The lowest BCUT2D eigenvalue weighted by atomic mass is 9.88. The van der Waals surface area contributed by atoms with Gasteiger partial charge in [-0.25, -0.2) is 9.97 Å². The maximum absolute atomic E-state index is 6.37. The first-order valence-corrected chi connectivity index (χ1v) is 8.28. The molecule has 2 aromatic rings. The standard InChI is InChI=1S/C16H15Cl3N2/c17-12-9-5-4-8-11(12)13-14(18)20-16(21-15(13)19)10-6-2-1-3-7-10/h4-5,8-10H,1-3,6-7H2. The third-order valence-corrected chi connectivity index (χ3v) is 4.83. The molecule has 21 heavy (non-hydrogen) atoms. The maximum atomic E-state index is 6.37. The van der Waals surface area contributed by atoms with Crippen LogP contribution < -0.4 is 0 Å². The monoisotopic (exact) mass is 340 g/mol. The molecule has 0 saturated heterocycles. The Bertz CT molecular complexity index is 629. The second-order valence-corrected chi connectivity index (χ2v) is 6.48. The molecule has 5 heteroatoms. The third kappa shape index (κ3) is 3.18. The summed E-state index contributed by atoms with van der Waals surface area (Å²) in [5.74, 6) is 1.13. The van der Waals surface area contributed by atoms with Gasteiger partial charge >= 0.3 is 0 Å². The molecule has 110 valence electrons. The summed E-state index contributed by atoms with van der Waals surface area (Å²) >= 11 is 19.0. The van der Waals surface area contributed by atoms with Gasteiger partial charge in [0.1, 0.15) is 16.1 Å². The first-order chi connectivity index (χ1) is 10.2. The average Bonchev–Trinajstić information content (AvgIpc) is 2.49.